The molecule has 2 rings (SSSR count). The molecule has 0 spiro atoms. The fourth-order valence-electron chi connectivity index (χ4n) is 0.825. The summed E-state index contributed by atoms with van der Waals surface area (Å²) >= 11 is 1.60. The van der Waals surface area contributed by atoms with Crippen LogP contribution >= 0.6 is 32.9 Å². The van der Waals surface area contributed by atoms with Gasteiger partial charge >= 0.3 is 0 Å². The number of halogens is 1. The second kappa shape index (κ2) is 4.82. The summed E-state index contributed by atoms with van der Waals surface area (Å²) in [6.45, 7) is 0. The molecule has 14 heavy (non-hydrogen) atoms. The Kier molecular flexibility index (Phi) is 3.44. The monoisotopic (exact) mass is 243 g/mol. The Bertz CT molecular complexity index is 385. The molecule has 1 aromatic carbocycles. The molecule has 5 heteroatoms. The van der Waals surface area contributed by atoms with E-state index in [1.54, 1.807) is 51.3 Å². The highest BCUT2D eigenvalue weighted by Gasteiger charge is 1.99. The first-order valence-electron chi connectivity index (χ1n) is 3.84. The molecule has 0 atom stereocenters. The number of hydrogen-bond acceptors (Lipinski definition) is 4. The first-order valence-corrected chi connectivity index (χ1v) is 6.87. The molecule has 0 unspecified atom stereocenters. The van der Waals surface area contributed by atoms with E-state index in [2.05, 4.69) is 4.98 Å². The van der Waals surface area contributed by atoms with Crippen LogP contribution in [0.2, 0.25) is 0 Å². The van der Waals surface area contributed by atoms with E-state index < -0.39 is 0 Å². The Morgan fingerprint density at radius 3 is 2.57 bits per heavy atom. The van der Waals surface area contributed by atoms with Gasteiger partial charge in [-0.25, -0.2) is 9.37 Å². The zero-order chi connectivity index (χ0) is 9.80. The SMILES string of the molecule is Fc1ccc(SSc2nccs2)cc1. The largest absolute Gasteiger partial charge is 0.237 e. The topological polar surface area (TPSA) is 12.9 Å². The van der Waals surface area contributed by atoms with Crippen LogP contribution < -0.4 is 0 Å². The lowest BCUT2D eigenvalue weighted by atomic mass is 10.4. The second-order valence-electron chi connectivity index (χ2n) is 2.42. The van der Waals surface area contributed by atoms with Crippen molar-refractivity contribution in [2.45, 2.75) is 9.24 Å². The molecule has 0 aliphatic rings. The zero-order valence-electron chi connectivity index (χ0n) is 7.01. The average Bonchev–Trinajstić information content (AvgIpc) is 2.70. The molecular weight excluding hydrogens is 237 g/mol. The van der Waals surface area contributed by atoms with Crippen LogP contribution in [0.1, 0.15) is 0 Å². The van der Waals surface area contributed by atoms with Gasteiger partial charge in [0.2, 0.25) is 0 Å². The summed E-state index contributed by atoms with van der Waals surface area (Å²) < 4.78 is 13.6. The highest BCUT2D eigenvalue weighted by atomic mass is 33.1. The first kappa shape index (κ1) is 10.0. The normalized spacial score (nSPS) is 10.4. The van der Waals surface area contributed by atoms with Gasteiger partial charge in [-0.15, -0.1) is 11.3 Å². The number of rotatable bonds is 3. The molecule has 0 saturated heterocycles. The van der Waals surface area contributed by atoms with E-state index in [-0.39, 0.29) is 5.82 Å². The maximum Gasteiger partial charge on any atom is 0.160 e. The van der Waals surface area contributed by atoms with Crippen molar-refractivity contribution in [3.05, 3.63) is 41.7 Å². The van der Waals surface area contributed by atoms with Crippen LogP contribution in [0, 0.1) is 5.82 Å². The van der Waals surface area contributed by atoms with E-state index in [4.69, 9.17) is 0 Å². The molecule has 0 aliphatic carbocycles. The van der Waals surface area contributed by atoms with Crippen molar-refractivity contribution in [1.82, 2.24) is 4.98 Å². The molecule has 1 heterocycles. The van der Waals surface area contributed by atoms with Gasteiger partial charge in [0.15, 0.2) is 4.34 Å². The molecule has 0 saturated carbocycles. The van der Waals surface area contributed by atoms with Gasteiger partial charge in [-0.1, -0.05) is 10.8 Å². The zero-order valence-corrected chi connectivity index (χ0v) is 9.46. The van der Waals surface area contributed by atoms with E-state index in [9.17, 15) is 4.39 Å². The van der Waals surface area contributed by atoms with Crippen molar-refractivity contribution in [3.8, 4) is 0 Å². The van der Waals surface area contributed by atoms with E-state index in [0.29, 0.717) is 0 Å². The van der Waals surface area contributed by atoms with Gasteiger partial charge in [0.05, 0.1) is 0 Å². The van der Waals surface area contributed by atoms with Crippen LogP contribution in [0.4, 0.5) is 4.39 Å². The second-order valence-corrected chi connectivity index (χ2v) is 5.76. The molecule has 1 nitrogen and oxygen atoms in total. The fraction of sp³-hybridized carbons (Fsp3) is 0. The molecule has 0 fully saturated rings. The van der Waals surface area contributed by atoms with E-state index in [0.717, 1.165) is 9.24 Å². The minimum atomic E-state index is -0.200. The maximum absolute atomic E-state index is 12.6. The lowest BCUT2D eigenvalue weighted by Gasteiger charge is -1.96. The van der Waals surface area contributed by atoms with Gasteiger partial charge in [-0.2, -0.15) is 0 Å². The van der Waals surface area contributed by atoms with Gasteiger partial charge in [-0.05, 0) is 35.1 Å². The molecule has 1 aromatic heterocycles. The van der Waals surface area contributed by atoms with Crippen LogP contribution in [0.25, 0.3) is 0 Å². The Labute approximate surface area is 93.2 Å². The molecule has 0 amide bonds. The number of aromatic nitrogens is 1. The number of nitrogens with zero attached hydrogens (tertiary/aromatic N) is 1. The smallest absolute Gasteiger partial charge is 0.160 e. The minimum Gasteiger partial charge on any atom is -0.237 e. The summed E-state index contributed by atoms with van der Waals surface area (Å²) in [6.07, 6.45) is 1.78. The summed E-state index contributed by atoms with van der Waals surface area (Å²) in [5, 5.41) is 1.94. The summed E-state index contributed by atoms with van der Waals surface area (Å²) in [7, 11) is 3.17. The standard InChI is InChI=1S/C9H6FNS3/c10-7-1-3-8(4-2-7)13-14-9-11-5-6-12-9/h1-6H. The predicted molar refractivity (Wildman–Crippen MR) is 60.2 cm³/mol. The molecule has 72 valence electrons. The highest BCUT2D eigenvalue weighted by molar-refractivity contribution is 8.77. The van der Waals surface area contributed by atoms with Crippen LogP contribution in [-0.4, -0.2) is 4.98 Å². The first-order chi connectivity index (χ1) is 6.84. The summed E-state index contributed by atoms with van der Waals surface area (Å²) in [5.74, 6) is -0.200. The van der Waals surface area contributed by atoms with Crippen molar-refractivity contribution < 1.29 is 4.39 Å². The molecule has 0 radical (unpaired) electrons. The molecule has 0 bridgehead atoms. The minimum absolute atomic E-state index is 0.200. The number of thiazole rings is 1. The Morgan fingerprint density at radius 1 is 1.14 bits per heavy atom. The van der Waals surface area contributed by atoms with Gasteiger partial charge in [0, 0.05) is 16.5 Å². The molecule has 0 N–H and O–H groups in total. The predicted octanol–water partition coefficient (Wildman–Crippen LogP) is 4.08. The Morgan fingerprint density at radius 2 is 1.93 bits per heavy atom. The van der Waals surface area contributed by atoms with Gasteiger partial charge in [-0.3, -0.25) is 0 Å². The Hall–Kier alpha value is -0.520. The van der Waals surface area contributed by atoms with E-state index >= 15 is 0 Å². The van der Waals surface area contributed by atoms with Crippen LogP contribution in [0.3, 0.4) is 0 Å². The van der Waals surface area contributed by atoms with Crippen LogP contribution in [-0.2, 0) is 0 Å². The van der Waals surface area contributed by atoms with Crippen molar-refractivity contribution in [3.63, 3.8) is 0 Å². The van der Waals surface area contributed by atoms with Crippen LogP contribution in [0.15, 0.2) is 45.1 Å². The van der Waals surface area contributed by atoms with Gasteiger partial charge in [0.1, 0.15) is 5.82 Å². The van der Waals surface area contributed by atoms with Crippen LogP contribution in [0.5, 0.6) is 0 Å². The summed E-state index contributed by atoms with van der Waals surface area (Å²) in [4.78, 5) is 5.17. The van der Waals surface area contributed by atoms with Crippen molar-refractivity contribution in [2.24, 2.45) is 0 Å². The quantitative estimate of drug-likeness (QED) is 0.754. The van der Waals surface area contributed by atoms with Gasteiger partial charge in [0.25, 0.3) is 0 Å². The lowest BCUT2D eigenvalue weighted by Crippen LogP contribution is -1.71. The lowest BCUT2D eigenvalue weighted by molar-refractivity contribution is 0.626. The number of benzene rings is 1. The molecule has 2 aromatic rings. The van der Waals surface area contributed by atoms with Crippen molar-refractivity contribution >= 4 is 32.9 Å². The van der Waals surface area contributed by atoms with Crippen molar-refractivity contribution in [1.29, 1.82) is 0 Å². The Balaban J connectivity index is 1.95. The third-order valence-electron chi connectivity index (χ3n) is 1.43. The summed E-state index contributed by atoms with van der Waals surface area (Å²) in [5.41, 5.74) is 0. The summed E-state index contributed by atoms with van der Waals surface area (Å²) in [6, 6.07) is 6.46. The third-order valence-corrected chi connectivity index (χ3v) is 4.95. The molecular formula is C9H6FNS3. The van der Waals surface area contributed by atoms with Gasteiger partial charge < -0.3 is 0 Å². The third kappa shape index (κ3) is 2.73. The average molecular weight is 243 g/mol. The van der Waals surface area contributed by atoms with Crippen molar-refractivity contribution in [2.75, 3.05) is 0 Å². The number of hydrogen-bond donors (Lipinski definition) is 0. The van der Waals surface area contributed by atoms with E-state index in [1.165, 1.54) is 12.1 Å². The van der Waals surface area contributed by atoms with E-state index in [1.807, 2.05) is 5.38 Å². The maximum atomic E-state index is 12.6. The highest BCUT2D eigenvalue weighted by Crippen LogP contribution is 2.37. The molecule has 0 aliphatic heterocycles. The fourth-order valence-corrected chi connectivity index (χ4v) is 3.65.